The van der Waals surface area contributed by atoms with Crippen LogP contribution in [-0.4, -0.2) is 31.9 Å². The predicted molar refractivity (Wildman–Crippen MR) is 76.4 cm³/mol. The maximum Gasteiger partial charge on any atom is 0.243 e. The van der Waals surface area contributed by atoms with E-state index in [4.69, 9.17) is 11.0 Å². The van der Waals surface area contributed by atoms with Crippen LogP contribution in [0.15, 0.2) is 23.1 Å². The number of rotatable bonds is 2. The van der Waals surface area contributed by atoms with E-state index in [1.807, 2.05) is 13.0 Å². The summed E-state index contributed by atoms with van der Waals surface area (Å²) in [5.74, 6) is 0.327. The molecule has 2 unspecified atom stereocenters. The molecule has 1 heterocycles. The third-order valence-electron chi connectivity index (χ3n) is 3.91. The number of hydrogen-bond acceptors (Lipinski definition) is 4. The molecule has 2 N–H and O–H groups in total. The fourth-order valence-corrected chi connectivity index (χ4v) is 4.12. The van der Waals surface area contributed by atoms with Gasteiger partial charge in [-0.05, 0) is 37.0 Å². The molecule has 108 valence electrons. The smallest absolute Gasteiger partial charge is 0.243 e. The molecule has 0 spiro atoms. The van der Waals surface area contributed by atoms with E-state index in [-0.39, 0.29) is 10.9 Å². The van der Waals surface area contributed by atoms with E-state index >= 15 is 0 Å². The molecule has 20 heavy (non-hydrogen) atoms. The molecule has 1 saturated heterocycles. The van der Waals surface area contributed by atoms with Crippen molar-refractivity contribution in [3.05, 3.63) is 29.3 Å². The second-order valence-corrected chi connectivity index (χ2v) is 7.29. The topological polar surface area (TPSA) is 87.2 Å². The van der Waals surface area contributed by atoms with Crippen molar-refractivity contribution < 1.29 is 8.42 Å². The lowest BCUT2D eigenvalue weighted by atomic mass is 9.96. The maximum atomic E-state index is 12.7. The first-order valence-electron chi connectivity index (χ1n) is 6.62. The summed E-state index contributed by atoms with van der Waals surface area (Å²) in [5, 5.41) is 8.93. The minimum Gasteiger partial charge on any atom is -0.326 e. The van der Waals surface area contributed by atoms with Gasteiger partial charge in [-0.1, -0.05) is 13.0 Å². The molecule has 1 aliphatic rings. The first kappa shape index (κ1) is 15.0. The standard InChI is InChI=1S/C14H19N3O2S/c1-10-5-6-17(9-13(10)16)20(18,19)14-7-12(8-15)4-3-11(14)2/h3-4,7,10,13H,5-6,9,16H2,1-2H3. The van der Waals surface area contributed by atoms with Crippen LogP contribution in [0.25, 0.3) is 0 Å². The first-order valence-corrected chi connectivity index (χ1v) is 8.06. The number of piperidine rings is 1. The summed E-state index contributed by atoms with van der Waals surface area (Å²) >= 11 is 0. The summed E-state index contributed by atoms with van der Waals surface area (Å²) in [6, 6.07) is 6.56. The number of aryl methyl sites for hydroxylation is 1. The number of nitriles is 1. The quantitative estimate of drug-likeness (QED) is 0.888. The third kappa shape index (κ3) is 2.70. The molecule has 1 fully saturated rings. The van der Waals surface area contributed by atoms with E-state index in [0.717, 1.165) is 6.42 Å². The number of nitrogens with zero attached hydrogens (tertiary/aromatic N) is 2. The third-order valence-corrected chi connectivity index (χ3v) is 5.92. The highest BCUT2D eigenvalue weighted by atomic mass is 32.2. The molecule has 1 aromatic carbocycles. The molecule has 1 aliphatic heterocycles. The second-order valence-electron chi connectivity index (χ2n) is 5.38. The average Bonchev–Trinajstić information content (AvgIpc) is 2.42. The largest absolute Gasteiger partial charge is 0.326 e. The van der Waals surface area contributed by atoms with Gasteiger partial charge in [0.15, 0.2) is 0 Å². The molecule has 2 rings (SSSR count). The highest BCUT2D eigenvalue weighted by Crippen LogP contribution is 2.25. The Morgan fingerprint density at radius 2 is 2.15 bits per heavy atom. The Bertz CT molecular complexity index is 649. The lowest BCUT2D eigenvalue weighted by Gasteiger charge is -2.34. The van der Waals surface area contributed by atoms with Gasteiger partial charge in [0.05, 0.1) is 16.5 Å². The van der Waals surface area contributed by atoms with Crippen LogP contribution in [0.2, 0.25) is 0 Å². The van der Waals surface area contributed by atoms with Crippen molar-refractivity contribution >= 4 is 10.0 Å². The van der Waals surface area contributed by atoms with Gasteiger partial charge in [-0.3, -0.25) is 0 Å². The average molecular weight is 293 g/mol. The fraction of sp³-hybridized carbons (Fsp3) is 0.500. The van der Waals surface area contributed by atoms with E-state index in [2.05, 4.69) is 0 Å². The van der Waals surface area contributed by atoms with Gasteiger partial charge in [-0.2, -0.15) is 9.57 Å². The van der Waals surface area contributed by atoms with Crippen LogP contribution in [0.3, 0.4) is 0 Å². The molecule has 0 aromatic heterocycles. The van der Waals surface area contributed by atoms with E-state index < -0.39 is 10.0 Å². The van der Waals surface area contributed by atoms with Crippen LogP contribution in [0.5, 0.6) is 0 Å². The highest BCUT2D eigenvalue weighted by molar-refractivity contribution is 7.89. The first-order chi connectivity index (χ1) is 9.36. The molecule has 6 heteroatoms. The van der Waals surface area contributed by atoms with Crippen molar-refractivity contribution in [2.24, 2.45) is 11.7 Å². The SMILES string of the molecule is Cc1ccc(C#N)cc1S(=O)(=O)N1CCC(C)C(N)C1. The molecule has 0 radical (unpaired) electrons. The van der Waals surface area contributed by atoms with Crippen LogP contribution < -0.4 is 5.73 Å². The zero-order chi connectivity index (χ0) is 14.9. The number of sulfonamides is 1. The van der Waals surface area contributed by atoms with Crippen molar-refractivity contribution in [1.82, 2.24) is 4.31 Å². The summed E-state index contributed by atoms with van der Waals surface area (Å²) in [6.07, 6.45) is 0.761. The highest BCUT2D eigenvalue weighted by Gasteiger charge is 2.32. The van der Waals surface area contributed by atoms with Crippen LogP contribution in [0.4, 0.5) is 0 Å². The van der Waals surface area contributed by atoms with Gasteiger partial charge in [0.2, 0.25) is 10.0 Å². The van der Waals surface area contributed by atoms with Crippen molar-refractivity contribution in [1.29, 1.82) is 5.26 Å². The zero-order valence-electron chi connectivity index (χ0n) is 11.7. The van der Waals surface area contributed by atoms with Crippen LogP contribution in [0, 0.1) is 24.2 Å². The van der Waals surface area contributed by atoms with Gasteiger partial charge in [-0.25, -0.2) is 8.42 Å². The van der Waals surface area contributed by atoms with Gasteiger partial charge in [0.25, 0.3) is 0 Å². The minimum atomic E-state index is -3.58. The molecular weight excluding hydrogens is 274 g/mol. The van der Waals surface area contributed by atoms with Crippen molar-refractivity contribution in [3.8, 4) is 6.07 Å². The van der Waals surface area contributed by atoms with Crippen molar-refractivity contribution in [2.75, 3.05) is 13.1 Å². The molecule has 1 aromatic rings. The van der Waals surface area contributed by atoms with E-state index in [9.17, 15) is 8.42 Å². The number of nitrogens with two attached hydrogens (primary N) is 1. The Balaban J connectivity index is 2.38. The Kier molecular flexibility index (Phi) is 4.14. The molecule has 0 saturated carbocycles. The normalized spacial score (nSPS) is 24.3. The molecular formula is C14H19N3O2S. The summed E-state index contributed by atoms with van der Waals surface area (Å²) in [4.78, 5) is 0.207. The fourth-order valence-electron chi connectivity index (χ4n) is 2.37. The molecule has 0 bridgehead atoms. The van der Waals surface area contributed by atoms with Crippen LogP contribution in [0.1, 0.15) is 24.5 Å². The Morgan fingerprint density at radius 1 is 1.45 bits per heavy atom. The van der Waals surface area contributed by atoms with Gasteiger partial charge in [-0.15, -0.1) is 0 Å². The van der Waals surface area contributed by atoms with Crippen LogP contribution in [-0.2, 0) is 10.0 Å². The molecule has 5 nitrogen and oxygen atoms in total. The van der Waals surface area contributed by atoms with E-state index in [1.165, 1.54) is 10.4 Å². The molecule has 0 amide bonds. The summed E-state index contributed by atoms with van der Waals surface area (Å²) in [7, 11) is -3.58. The van der Waals surface area contributed by atoms with E-state index in [1.54, 1.807) is 19.1 Å². The zero-order valence-corrected chi connectivity index (χ0v) is 12.5. The Labute approximate surface area is 120 Å². The van der Waals surface area contributed by atoms with Crippen molar-refractivity contribution in [3.63, 3.8) is 0 Å². The van der Waals surface area contributed by atoms with Crippen LogP contribution >= 0.6 is 0 Å². The predicted octanol–water partition coefficient (Wildman–Crippen LogP) is 1.22. The molecule has 0 aliphatic carbocycles. The van der Waals surface area contributed by atoms with E-state index in [0.29, 0.717) is 30.1 Å². The van der Waals surface area contributed by atoms with Gasteiger partial charge >= 0.3 is 0 Å². The lowest BCUT2D eigenvalue weighted by Crippen LogP contribution is -2.49. The summed E-state index contributed by atoms with van der Waals surface area (Å²) in [5.41, 5.74) is 6.98. The minimum absolute atomic E-state index is 0.141. The summed E-state index contributed by atoms with van der Waals surface area (Å²) in [6.45, 7) is 4.59. The van der Waals surface area contributed by atoms with Gasteiger partial charge < -0.3 is 5.73 Å². The lowest BCUT2D eigenvalue weighted by molar-refractivity contribution is 0.253. The van der Waals surface area contributed by atoms with Gasteiger partial charge in [0.1, 0.15) is 0 Å². The summed E-state index contributed by atoms with van der Waals surface area (Å²) < 4.78 is 26.8. The Hall–Kier alpha value is -1.42. The second kappa shape index (κ2) is 5.52. The van der Waals surface area contributed by atoms with Gasteiger partial charge in [0, 0.05) is 19.1 Å². The number of hydrogen-bond donors (Lipinski definition) is 1. The Morgan fingerprint density at radius 3 is 2.75 bits per heavy atom. The number of benzene rings is 1. The molecule has 2 atom stereocenters. The van der Waals surface area contributed by atoms with Crippen molar-refractivity contribution in [2.45, 2.75) is 31.2 Å². The monoisotopic (exact) mass is 293 g/mol. The maximum absolute atomic E-state index is 12.7.